The average molecular weight is 1220 g/mol. The van der Waals surface area contributed by atoms with Crippen LogP contribution in [0, 0.1) is 0 Å². The Hall–Kier alpha value is -6.09. The van der Waals surface area contributed by atoms with Crippen molar-refractivity contribution in [1.29, 1.82) is 0 Å². The number of aldehydes is 1. The van der Waals surface area contributed by atoms with E-state index in [2.05, 4.69) is 140 Å². The number of aryl methyl sites for hydroxylation is 8. The van der Waals surface area contributed by atoms with E-state index in [9.17, 15) is 4.79 Å². The van der Waals surface area contributed by atoms with Gasteiger partial charge in [-0.05, 0) is 201 Å². The molecule has 0 unspecified atom stereocenters. The maximum Gasteiger partial charge on any atom is 2.00 e. The van der Waals surface area contributed by atoms with Gasteiger partial charge in [-0.25, -0.2) is 19.9 Å². The molecule has 4 aliphatic rings. The van der Waals surface area contributed by atoms with Crippen LogP contribution < -0.4 is 19.9 Å². The number of aromatic nitrogens is 8. The van der Waals surface area contributed by atoms with Crippen LogP contribution in [0.1, 0.15) is 259 Å². The normalized spacial score (nSPS) is 12.1. The van der Waals surface area contributed by atoms with E-state index in [1.165, 1.54) is 33.4 Å². The molecule has 0 fully saturated rings. The van der Waals surface area contributed by atoms with Gasteiger partial charge in [0.15, 0.2) is 0 Å². The number of nitrogens with zero attached hydrogens (tertiary/aromatic N) is 8. The van der Waals surface area contributed by atoms with Crippen LogP contribution >= 0.6 is 0 Å². The summed E-state index contributed by atoms with van der Waals surface area (Å²) in [5, 5.41) is 0. The molecule has 10 heterocycles. The third-order valence-electron chi connectivity index (χ3n) is 16.6. The second-order valence-corrected chi connectivity index (χ2v) is 22.7. The molecule has 6 aromatic rings. The van der Waals surface area contributed by atoms with E-state index in [-0.39, 0.29) is 34.1 Å². The molecule has 84 heavy (non-hydrogen) atoms. The zero-order chi connectivity index (χ0) is 57.4. The number of hydrogen-bond acceptors (Lipinski definition) is 5. The quantitative estimate of drug-likeness (QED) is 0.0406. The molecule has 4 aliphatic heterocycles. The standard InChI is InChI=1S/C37H45N4O.C36H44N4.2Cu/c1-5-9-13-26-30-17-18-31(38-30)27(14-10-6-2)33-21-22-35(40-33)29(16-12-8-4)37-25(24-42)23-36(41-37)28(15-11-7-3)34-20-19-32(26)39-34;1-5-9-13-25-29-17-19-31(37-29)26(14-10-6-2)33-21-23-35(39-33)28(16-12-8-4)36-24-22-34(40-36)27(15-11-7-3)32-20-18-30(25)38-32;;/h17-24H,5-16H2,1-4H3,(H-,38,39,40,41,42);17-24H,5-16H2,1-4H3;;/q-1;-2;2*+2/p-1. The van der Waals surface area contributed by atoms with Gasteiger partial charge >= 0.3 is 34.1 Å². The molecule has 11 heteroatoms. The van der Waals surface area contributed by atoms with Crippen LogP contribution in [0.25, 0.3) is 92.7 Å². The van der Waals surface area contributed by atoms with Gasteiger partial charge in [-0.15, -0.1) is 44.1 Å². The zero-order valence-electron chi connectivity index (χ0n) is 51.3. The van der Waals surface area contributed by atoms with Crippen molar-refractivity contribution < 1.29 is 38.9 Å². The molecule has 6 aromatic heterocycles. The SMILES string of the molecule is CCCCc1c2nc(c(CCCC)c3cc(C=O)c([n-]3)c(CCCC)c3nc(c(CCCC)c4ccc1[n-]4)C=C3)C=C2.CCCCc1c2nc(c(CCCC)c3ccc([n-]3)c(CCCC)c3nc(c(CCCC)c4ccc1[n-]4)C=C3)C=C2.[Cu+2].[Cu+2]. The molecule has 0 saturated heterocycles. The van der Waals surface area contributed by atoms with Gasteiger partial charge < -0.3 is 19.9 Å². The number of carbonyl (C=O) groups excluding carboxylic acids is 1. The van der Waals surface area contributed by atoms with Crippen molar-refractivity contribution in [2.24, 2.45) is 0 Å². The summed E-state index contributed by atoms with van der Waals surface area (Å²) in [6.45, 7) is 17.9. The summed E-state index contributed by atoms with van der Waals surface area (Å²) in [4.78, 5) is 54.3. The zero-order valence-corrected chi connectivity index (χ0v) is 53.2. The maximum atomic E-state index is 12.5. The van der Waals surface area contributed by atoms with Gasteiger partial charge in [-0.2, -0.15) is 0 Å². The smallest absolute Gasteiger partial charge is 0.657 e. The third kappa shape index (κ3) is 15.3. The molecule has 9 nitrogen and oxygen atoms in total. The van der Waals surface area contributed by atoms with E-state index in [1.54, 1.807) is 0 Å². The van der Waals surface area contributed by atoms with Crippen LogP contribution in [-0.2, 0) is 85.5 Å². The Morgan fingerprint density at radius 2 is 0.500 bits per heavy atom. The number of fused-ring (bicyclic) bond motifs is 16. The molecular formula is C73H88Cu2N8O. The Balaban J connectivity index is 0.000000236. The summed E-state index contributed by atoms with van der Waals surface area (Å²) in [7, 11) is 0. The van der Waals surface area contributed by atoms with E-state index >= 15 is 0 Å². The van der Waals surface area contributed by atoms with Crippen molar-refractivity contribution in [2.45, 2.75) is 209 Å². The van der Waals surface area contributed by atoms with Crippen molar-refractivity contribution in [3.05, 3.63) is 138 Å². The van der Waals surface area contributed by atoms with Crippen molar-refractivity contribution in [3.63, 3.8) is 0 Å². The van der Waals surface area contributed by atoms with E-state index in [4.69, 9.17) is 39.9 Å². The van der Waals surface area contributed by atoms with Crippen LogP contribution in [-0.4, -0.2) is 26.2 Å². The third-order valence-corrected chi connectivity index (χ3v) is 16.6. The van der Waals surface area contributed by atoms with Crippen molar-refractivity contribution in [3.8, 4) is 0 Å². The predicted octanol–water partition coefficient (Wildman–Crippen LogP) is 18.4. The molecule has 448 valence electrons. The van der Waals surface area contributed by atoms with Crippen LogP contribution in [0.4, 0.5) is 0 Å². The van der Waals surface area contributed by atoms with Crippen molar-refractivity contribution >= 4 is 99.0 Å². The first-order valence-corrected chi connectivity index (χ1v) is 31.8. The Morgan fingerprint density at radius 3 is 0.714 bits per heavy atom. The number of carbonyl (C=O) groups is 1. The Bertz CT molecular complexity index is 3470. The summed E-state index contributed by atoms with van der Waals surface area (Å²) < 4.78 is 0. The molecule has 10 rings (SSSR count). The van der Waals surface area contributed by atoms with Crippen molar-refractivity contribution in [2.75, 3.05) is 0 Å². The molecule has 0 saturated carbocycles. The van der Waals surface area contributed by atoms with E-state index in [0.29, 0.717) is 5.56 Å². The Kier molecular flexibility index (Phi) is 25.3. The van der Waals surface area contributed by atoms with Gasteiger partial charge in [0.25, 0.3) is 0 Å². The molecule has 0 atom stereocenters. The molecule has 0 N–H and O–H groups in total. The first kappa shape index (κ1) is 65.5. The van der Waals surface area contributed by atoms with Crippen LogP contribution in [0.15, 0.2) is 42.5 Å². The fourth-order valence-electron chi connectivity index (χ4n) is 11.7. The van der Waals surface area contributed by atoms with E-state index in [0.717, 1.165) is 261 Å². The fourth-order valence-corrected chi connectivity index (χ4v) is 11.7. The van der Waals surface area contributed by atoms with Gasteiger partial charge in [0.2, 0.25) is 0 Å². The van der Waals surface area contributed by atoms with Gasteiger partial charge in [0.05, 0.1) is 45.6 Å². The topological polar surface area (TPSA) is 125 Å². The van der Waals surface area contributed by atoms with Crippen LogP contribution in [0.3, 0.4) is 0 Å². The summed E-state index contributed by atoms with van der Waals surface area (Å²) in [5.41, 5.74) is 26.1. The minimum absolute atomic E-state index is 0. The Labute approximate surface area is 522 Å². The maximum absolute atomic E-state index is 12.5. The average Bonchev–Trinajstić information content (AvgIpc) is 4.40. The second-order valence-electron chi connectivity index (χ2n) is 22.7. The number of unbranched alkanes of at least 4 members (excludes halogenated alkanes) is 8. The number of hydrogen-bond donors (Lipinski definition) is 0. The number of rotatable bonds is 25. The molecule has 0 spiro atoms. The molecular weight excluding hydrogens is 1130 g/mol. The minimum Gasteiger partial charge on any atom is -0.657 e. The summed E-state index contributed by atoms with van der Waals surface area (Å²) >= 11 is 0. The molecule has 0 amide bonds. The molecule has 0 aliphatic carbocycles. The first-order chi connectivity index (χ1) is 40.3. The monoisotopic (exact) mass is 1220 g/mol. The van der Waals surface area contributed by atoms with Gasteiger partial charge in [-0.1, -0.05) is 149 Å². The van der Waals surface area contributed by atoms with Crippen LogP contribution in [0.5, 0.6) is 0 Å². The summed E-state index contributed by atoms with van der Waals surface area (Å²) in [5.74, 6) is 0. The van der Waals surface area contributed by atoms with E-state index in [1.807, 2.05) is 6.07 Å². The predicted molar refractivity (Wildman–Crippen MR) is 348 cm³/mol. The molecule has 2 radical (unpaired) electrons. The van der Waals surface area contributed by atoms with Crippen molar-refractivity contribution in [1.82, 2.24) is 39.9 Å². The summed E-state index contributed by atoms with van der Waals surface area (Å²) in [6.07, 6.45) is 43.3. The summed E-state index contributed by atoms with van der Waals surface area (Å²) in [6, 6.07) is 15.1. The first-order valence-electron chi connectivity index (χ1n) is 31.8. The minimum atomic E-state index is 0. The van der Waals surface area contributed by atoms with Gasteiger partial charge in [0.1, 0.15) is 6.29 Å². The second kappa shape index (κ2) is 32.4. The Morgan fingerprint density at radius 1 is 0.298 bits per heavy atom. The molecule has 16 bridgehead atoms. The van der Waals surface area contributed by atoms with Gasteiger partial charge in [-0.3, -0.25) is 4.79 Å². The van der Waals surface area contributed by atoms with E-state index < -0.39 is 0 Å². The largest absolute Gasteiger partial charge is 2.00 e. The van der Waals surface area contributed by atoms with Crippen LogP contribution in [0.2, 0.25) is 0 Å². The van der Waals surface area contributed by atoms with Gasteiger partial charge in [0, 0.05) is 0 Å². The molecule has 0 aromatic carbocycles. The fraction of sp³-hybridized carbons (Fsp3) is 0.438.